The van der Waals surface area contributed by atoms with E-state index < -0.39 is 0 Å². The number of anilines is 1. The Labute approximate surface area is 128 Å². The lowest BCUT2D eigenvalue weighted by atomic mass is 10.2. The van der Waals surface area contributed by atoms with Gasteiger partial charge in [0.15, 0.2) is 0 Å². The Morgan fingerprint density at radius 1 is 1.05 bits per heavy atom. The van der Waals surface area contributed by atoms with Crippen molar-refractivity contribution in [3.05, 3.63) is 17.6 Å². The number of ether oxygens (including phenoxy) is 1. The molecule has 1 N–H and O–H groups in total. The molecule has 118 valence electrons. The summed E-state index contributed by atoms with van der Waals surface area (Å²) < 4.78 is 5.30. The minimum atomic E-state index is 0.566. The van der Waals surface area contributed by atoms with E-state index in [-0.39, 0.29) is 0 Å². The molecule has 0 bridgehead atoms. The molecule has 0 aliphatic rings. The van der Waals surface area contributed by atoms with Gasteiger partial charge in [-0.1, -0.05) is 27.7 Å². The van der Waals surface area contributed by atoms with E-state index in [1.807, 2.05) is 54.5 Å². The van der Waals surface area contributed by atoms with E-state index in [1.54, 1.807) is 7.11 Å². The molecule has 0 radical (unpaired) electrons. The molecular formula is C16H28N4O. The highest BCUT2D eigenvalue weighted by molar-refractivity contribution is 5.93. The lowest BCUT2D eigenvalue weighted by Gasteiger charge is -2.11. The first-order valence-electron chi connectivity index (χ1n) is 7.59. The zero-order chi connectivity index (χ0) is 16.4. The van der Waals surface area contributed by atoms with Gasteiger partial charge in [0.05, 0.1) is 12.6 Å². The van der Waals surface area contributed by atoms with Gasteiger partial charge in [0.25, 0.3) is 0 Å². The van der Waals surface area contributed by atoms with Crippen LogP contribution in [0.5, 0.6) is 5.88 Å². The predicted molar refractivity (Wildman–Crippen MR) is 90.2 cm³/mol. The van der Waals surface area contributed by atoms with Crippen LogP contribution in [-0.2, 0) is 0 Å². The molecule has 2 rings (SSSR count). The van der Waals surface area contributed by atoms with Crippen molar-refractivity contribution in [2.75, 3.05) is 19.0 Å². The summed E-state index contributed by atoms with van der Waals surface area (Å²) in [6, 6.07) is 1.94. The molecule has 0 unspecified atom stereocenters. The van der Waals surface area contributed by atoms with Crippen LogP contribution < -0.4 is 10.1 Å². The van der Waals surface area contributed by atoms with Crippen molar-refractivity contribution in [1.29, 1.82) is 0 Å². The van der Waals surface area contributed by atoms with E-state index in [9.17, 15) is 0 Å². The summed E-state index contributed by atoms with van der Waals surface area (Å²) in [6.45, 7) is 14.6. The fourth-order valence-electron chi connectivity index (χ4n) is 1.80. The van der Waals surface area contributed by atoms with Crippen LogP contribution in [0.25, 0.3) is 10.9 Å². The fourth-order valence-corrected chi connectivity index (χ4v) is 1.80. The molecule has 0 saturated heterocycles. The van der Waals surface area contributed by atoms with Gasteiger partial charge in [0.1, 0.15) is 17.0 Å². The van der Waals surface area contributed by atoms with Crippen LogP contribution in [0.2, 0.25) is 0 Å². The molecule has 5 heteroatoms. The first kappa shape index (κ1) is 19.1. The molecule has 0 aliphatic heterocycles. The van der Waals surface area contributed by atoms with E-state index in [1.165, 1.54) is 0 Å². The average Bonchev–Trinajstić information content (AvgIpc) is 2.50. The van der Waals surface area contributed by atoms with Crippen LogP contribution in [0.15, 0.2) is 6.07 Å². The SMILES string of the molecule is CC.CC.CCNc1nc(C)nc2cc(C)nc(OC)c12. The molecule has 21 heavy (non-hydrogen) atoms. The summed E-state index contributed by atoms with van der Waals surface area (Å²) in [7, 11) is 1.61. The van der Waals surface area contributed by atoms with Gasteiger partial charge in [-0.2, -0.15) is 0 Å². The summed E-state index contributed by atoms with van der Waals surface area (Å²) in [6.07, 6.45) is 0. The minimum Gasteiger partial charge on any atom is -0.480 e. The number of rotatable bonds is 3. The first-order valence-corrected chi connectivity index (χ1v) is 7.59. The number of methoxy groups -OCH3 is 1. The molecule has 2 heterocycles. The molecule has 0 fully saturated rings. The topological polar surface area (TPSA) is 59.9 Å². The standard InChI is InChI=1S/C12H16N4O.2C2H6/c1-5-13-11-10-9(15-8(3)16-11)6-7(2)14-12(10)17-4;2*1-2/h6H,5H2,1-4H3,(H,13,15,16);2*1-2H3. The van der Waals surface area contributed by atoms with Gasteiger partial charge in [0, 0.05) is 12.2 Å². The molecule has 2 aromatic rings. The quantitative estimate of drug-likeness (QED) is 0.921. The van der Waals surface area contributed by atoms with Crippen molar-refractivity contribution in [3.8, 4) is 5.88 Å². The molecule has 0 aromatic carbocycles. The summed E-state index contributed by atoms with van der Waals surface area (Å²) in [5, 5.41) is 4.05. The molecular weight excluding hydrogens is 264 g/mol. The number of pyridine rings is 1. The van der Waals surface area contributed by atoms with Crippen molar-refractivity contribution in [1.82, 2.24) is 15.0 Å². The fraction of sp³-hybridized carbons (Fsp3) is 0.562. The van der Waals surface area contributed by atoms with E-state index >= 15 is 0 Å². The highest BCUT2D eigenvalue weighted by Crippen LogP contribution is 2.28. The summed E-state index contributed by atoms with van der Waals surface area (Å²) >= 11 is 0. The summed E-state index contributed by atoms with van der Waals surface area (Å²) in [4.78, 5) is 13.2. The third-order valence-electron chi connectivity index (χ3n) is 2.42. The van der Waals surface area contributed by atoms with Crippen LogP contribution >= 0.6 is 0 Å². The van der Waals surface area contributed by atoms with Crippen LogP contribution in [0, 0.1) is 13.8 Å². The van der Waals surface area contributed by atoms with Gasteiger partial charge in [0.2, 0.25) is 5.88 Å². The van der Waals surface area contributed by atoms with Gasteiger partial charge in [-0.25, -0.2) is 15.0 Å². The first-order chi connectivity index (χ1) is 10.2. The molecule has 5 nitrogen and oxygen atoms in total. The molecule has 0 aliphatic carbocycles. The summed E-state index contributed by atoms with van der Waals surface area (Å²) in [5.74, 6) is 2.08. The predicted octanol–water partition coefficient (Wildman–Crippen LogP) is 4.13. The second-order valence-corrected chi connectivity index (χ2v) is 3.82. The molecule has 0 amide bonds. The largest absolute Gasteiger partial charge is 0.480 e. The molecule has 0 saturated carbocycles. The summed E-state index contributed by atoms with van der Waals surface area (Å²) in [5.41, 5.74) is 1.74. The van der Waals surface area contributed by atoms with Crippen molar-refractivity contribution in [2.24, 2.45) is 0 Å². The van der Waals surface area contributed by atoms with Crippen LogP contribution in [0.3, 0.4) is 0 Å². The van der Waals surface area contributed by atoms with Crippen molar-refractivity contribution in [3.63, 3.8) is 0 Å². The van der Waals surface area contributed by atoms with Gasteiger partial charge >= 0.3 is 0 Å². The Kier molecular flexibility index (Phi) is 9.01. The van der Waals surface area contributed by atoms with Gasteiger partial charge < -0.3 is 10.1 Å². The minimum absolute atomic E-state index is 0.566. The van der Waals surface area contributed by atoms with E-state index in [0.717, 1.165) is 34.8 Å². The Morgan fingerprint density at radius 3 is 2.19 bits per heavy atom. The Bertz CT molecular complexity index is 550. The zero-order valence-electron chi connectivity index (χ0n) is 14.5. The second-order valence-electron chi connectivity index (χ2n) is 3.82. The Morgan fingerprint density at radius 2 is 1.67 bits per heavy atom. The lowest BCUT2D eigenvalue weighted by molar-refractivity contribution is 0.402. The van der Waals surface area contributed by atoms with E-state index in [0.29, 0.717) is 5.88 Å². The molecule has 2 aromatic heterocycles. The number of nitrogens with one attached hydrogen (secondary N) is 1. The number of fused-ring (bicyclic) bond motifs is 1. The molecule has 0 atom stereocenters. The number of aromatic nitrogens is 3. The maximum Gasteiger partial charge on any atom is 0.226 e. The third kappa shape index (κ3) is 4.85. The van der Waals surface area contributed by atoms with Crippen LogP contribution in [0.4, 0.5) is 5.82 Å². The lowest BCUT2D eigenvalue weighted by Crippen LogP contribution is -2.05. The second kappa shape index (κ2) is 9.91. The van der Waals surface area contributed by atoms with Gasteiger partial charge in [-0.05, 0) is 26.8 Å². The maximum atomic E-state index is 5.30. The Hall–Kier alpha value is -1.91. The number of hydrogen-bond acceptors (Lipinski definition) is 5. The smallest absolute Gasteiger partial charge is 0.226 e. The monoisotopic (exact) mass is 292 g/mol. The van der Waals surface area contributed by atoms with Crippen LogP contribution in [-0.4, -0.2) is 28.6 Å². The van der Waals surface area contributed by atoms with Crippen molar-refractivity contribution >= 4 is 16.7 Å². The van der Waals surface area contributed by atoms with Crippen molar-refractivity contribution in [2.45, 2.75) is 48.5 Å². The van der Waals surface area contributed by atoms with Gasteiger partial charge in [-0.3, -0.25) is 0 Å². The highest BCUT2D eigenvalue weighted by atomic mass is 16.5. The number of hydrogen-bond donors (Lipinski definition) is 1. The number of aryl methyl sites for hydroxylation is 2. The number of nitrogens with zero attached hydrogens (tertiary/aromatic N) is 3. The van der Waals surface area contributed by atoms with Crippen LogP contribution in [0.1, 0.15) is 46.1 Å². The normalized spacial score (nSPS) is 9.14. The van der Waals surface area contributed by atoms with E-state index in [4.69, 9.17) is 4.74 Å². The van der Waals surface area contributed by atoms with E-state index in [2.05, 4.69) is 20.3 Å². The average molecular weight is 292 g/mol. The molecule has 0 spiro atoms. The van der Waals surface area contributed by atoms with Crippen molar-refractivity contribution < 1.29 is 4.74 Å². The zero-order valence-corrected chi connectivity index (χ0v) is 14.5. The maximum absolute atomic E-state index is 5.30. The van der Waals surface area contributed by atoms with Gasteiger partial charge in [-0.15, -0.1) is 0 Å². The third-order valence-corrected chi connectivity index (χ3v) is 2.42. The highest BCUT2D eigenvalue weighted by Gasteiger charge is 2.12. The Balaban J connectivity index is 0.000000921.